The number of nitrogens with one attached hydrogen (secondary N) is 1. The first-order valence-electron chi connectivity index (χ1n) is 10.8. The minimum atomic E-state index is -3.69. The molecule has 1 saturated heterocycles. The highest BCUT2D eigenvalue weighted by Gasteiger charge is 2.29. The number of hydrogen-bond donors (Lipinski definition) is 2. The van der Waals surface area contributed by atoms with Crippen molar-refractivity contribution in [1.29, 1.82) is 0 Å². The molecule has 0 radical (unpaired) electrons. The van der Waals surface area contributed by atoms with Crippen molar-refractivity contribution < 1.29 is 17.6 Å². The average molecular weight is 457 g/mol. The summed E-state index contributed by atoms with van der Waals surface area (Å²) >= 11 is 0. The van der Waals surface area contributed by atoms with Gasteiger partial charge in [-0.05, 0) is 69.1 Å². The number of sulfonamides is 1. The Balaban J connectivity index is 1.24. The normalized spacial score (nSPS) is 16.8. The quantitative estimate of drug-likeness (QED) is 0.564. The number of piperidine rings is 1. The summed E-state index contributed by atoms with van der Waals surface area (Å²) in [6, 6.07) is 14.0. The molecule has 4 rings (SSSR count). The molecule has 0 spiro atoms. The molecule has 0 unspecified atom stereocenters. The summed E-state index contributed by atoms with van der Waals surface area (Å²) in [5.74, 6) is 1.05. The third-order valence-corrected chi connectivity index (χ3v) is 7.01. The lowest BCUT2D eigenvalue weighted by molar-refractivity contribution is -0.126. The molecular weight excluding hydrogens is 428 g/mol. The van der Waals surface area contributed by atoms with Crippen molar-refractivity contribution in [3.63, 3.8) is 0 Å². The van der Waals surface area contributed by atoms with Gasteiger partial charge >= 0.3 is 0 Å². The molecule has 1 atom stereocenters. The summed E-state index contributed by atoms with van der Waals surface area (Å²) in [7, 11) is -3.69. The fourth-order valence-electron chi connectivity index (χ4n) is 4.09. The molecular formula is C23H28N4O4S. The smallest absolute Gasteiger partial charge is 0.238 e. The highest BCUT2D eigenvalue weighted by molar-refractivity contribution is 7.89. The lowest BCUT2D eigenvalue weighted by Gasteiger charge is -2.34. The Bertz CT molecular complexity index is 1150. The van der Waals surface area contributed by atoms with Crippen LogP contribution < -0.4 is 10.5 Å². The third-order valence-electron chi connectivity index (χ3n) is 6.08. The van der Waals surface area contributed by atoms with Gasteiger partial charge in [0.15, 0.2) is 11.5 Å². The van der Waals surface area contributed by atoms with Gasteiger partial charge < -0.3 is 9.73 Å². The minimum absolute atomic E-state index is 0.00790. The molecule has 1 aliphatic heterocycles. The zero-order valence-electron chi connectivity index (χ0n) is 18.0. The van der Waals surface area contributed by atoms with Gasteiger partial charge in [0.05, 0.1) is 10.9 Å². The van der Waals surface area contributed by atoms with Gasteiger partial charge in [-0.3, -0.25) is 9.69 Å². The Kier molecular flexibility index (Phi) is 6.59. The van der Waals surface area contributed by atoms with Gasteiger partial charge in [-0.1, -0.05) is 24.3 Å². The Labute approximate surface area is 187 Å². The van der Waals surface area contributed by atoms with Crippen molar-refractivity contribution in [2.75, 3.05) is 19.6 Å². The maximum atomic E-state index is 12.6. The number of benzene rings is 2. The molecule has 1 amide bonds. The summed E-state index contributed by atoms with van der Waals surface area (Å²) in [5, 5.41) is 8.09. The van der Waals surface area contributed by atoms with Crippen molar-refractivity contribution in [1.82, 2.24) is 15.2 Å². The number of primary sulfonamides is 1. The predicted molar refractivity (Wildman–Crippen MR) is 122 cm³/mol. The van der Waals surface area contributed by atoms with Crippen molar-refractivity contribution in [2.45, 2.75) is 43.0 Å². The SMILES string of the molecule is C[C@@H](C(=O)NCCc1ccc(S(N)(=O)=O)cc1)N1CCC(c2nc3ccccc3o2)CC1. The number of oxazole rings is 1. The molecule has 0 bridgehead atoms. The molecule has 2 aromatic carbocycles. The van der Waals surface area contributed by atoms with Gasteiger partial charge in [-0.2, -0.15) is 0 Å². The third kappa shape index (κ3) is 5.17. The van der Waals surface area contributed by atoms with E-state index >= 15 is 0 Å². The fourth-order valence-corrected chi connectivity index (χ4v) is 4.60. The molecule has 0 saturated carbocycles. The molecule has 1 aromatic heterocycles. The van der Waals surface area contributed by atoms with Crippen LogP contribution in [0.4, 0.5) is 0 Å². The molecule has 8 nitrogen and oxygen atoms in total. The molecule has 1 fully saturated rings. The van der Waals surface area contributed by atoms with Crippen LogP contribution in [0, 0.1) is 0 Å². The number of rotatable bonds is 7. The van der Waals surface area contributed by atoms with Crippen LogP contribution in [-0.4, -0.2) is 49.9 Å². The molecule has 3 N–H and O–H groups in total. The molecule has 2 heterocycles. The van der Waals surface area contributed by atoms with Crippen molar-refractivity contribution in [3.8, 4) is 0 Å². The number of carbonyl (C=O) groups is 1. The van der Waals surface area contributed by atoms with Crippen LogP contribution in [0.5, 0.6) is 0 Å². The second kappa shape index (κ2) is 9.40. The van der Waals surface area contributed by atoms with E-state index in [9.17, 15) is 13.2 Å². The lowest BCUT2D eigenvalue weighted by atomic mass is 9.95. The molecule has 0 aliphatic carbocycles. The number of hydrogen-bond acceptors (Lipinski definition) is 6. The number of carbonyl (C=O) groups excluding carboxylic acids is 1. The van der Waals surface area contributed by atoms with Crippen LogP contribution in [0.2, 0.25) is 0 Å². The molecule has 3 aromatic rings. The standard InChI is InChI=1S/C23H28N4O4S/c1-16(22(28)25-13-10-17-6-8-19(9-7-17)32(24,29)30)27-14-11-18(12-15-27)23-26-20-4-2-3-5-21(20)31-23/h2-9,16,18H,10-15H2,1H3,(H,25,28)(H2,24,29,30)/t16-/m0/s1. The maximum absolute atomic E-state index is 12.6. The molecule has 1 aliphatic rings. The van der Waals surface area contributed by atoms with Gasteiger partial charge in [-0.15, -0.1) is 0 Å². The number of likely N-dealkylation sites (tertiary alicyclic amines) is 1. The Morgan fingerprint density at radius 3 is 2.53 bits per heavy atom. The van der Waals surface area contributed by atoms with Crippen LogP contribution in [-0.2, 0) is 21.2 Å². The first kappa shape index (κ1) is 22.4. The topological polar surface area (TPSA) is 119 Å². The van der Waals surface area contributed by atoms with E-state index in [0.717, 1.165) is 48.5 Å². The Hall–Kier alpha value is -2.75. The van der Waals surface area contributed by atoms with Crippen LogP contribution in [0.3, 0.4) is 0 Å². The first-order chi connectivity index (χ1) is 15.3. The number of nitrogens with zero attached hydrogens (tertiary/aromatic N) is 2. The van der Waals surface area contributed by atoms with Crippen LogP contribution >= 0.6 is 0 Å². The maximum Gasteiger partial charge on any atom is 0.238 e. The van der Waals surface area contributed by atoms with E-state index in [4.69, 9.17) is 9.56 Å². The fraction of sp³-hybridized carbons (Fsp3) is 0.391. The van der Waals surface area contributed by atoms with E-state index in [1.807, 2.05) is 31.2 Å². The van der Waals surface area contributed by atoms with E-state index < -0.39 is 10.0 Å². The Morgan fingerprint density at radius 1 is 1.19 bits per heavy atom. The van der Waals surface area contributed by atoms with Crippen LogP contribution in [0.25, 0.3) is 11.1 Å². The summed E-state index contributed by atoms with van der Waals surface area (Å²) < 4.78 is 28.6. The van der Waals surface area contributed by atoms with Crippen molar-refractivity contribution >= 4 is 27.0 Å². The summed E-state index contributed by atoms with van der Waals surface area (Å²) in [4.78, 5) is 19.5. The van der Waals surface area contributed by atoms with E-state index in [1.54, 1.807) is 12.1 Å². The number of aromatic nitrogens is 1. The second-order valence-corrected chi connectivity index (χ2v) is 9.80. The van der Waals surface area contributed by atoms with Crippen molar-refractivity contribution in [2.24, 2.45) is 5.14 Å². The van der Waals surface area contributed by atoms with Crippen LogP contribution in [0.1, 0.15) is 37.1 Å². The van der Waals surface area contributed by atoms with Gasteiger partial charge in [0.1, 0.15) is 5.52 Å². The summed E-state index contributed by atoms with van der Waals surface area (Å²) in [6.45, 7) is 4.03. The number of fused-ring (bicyclic) bond motifs is 1. The zero-order chi connectivity index (χ0) is 22.7. The van der Waals surface area contributed by atoms with Crippen LogP contribution in [0.15, 0.2) is 57.8 Å². The highest BCUT2D eigenvalue weighted by Crippen LogP contribution is 2.30. The number of para-hydroxylation sites is 2. The Morgan fingerprint density at radius 2 is 1.88 bits per heavy atom. The molecule has 9 heteroatoms. The van der Waals surface area contributed by atoms with E-state index in [2.05, 4.69) is 15.2 Å². The summed E-state index contributed by atoms with van der Waals surface area (Å²) in [5.41, 5.74) is 2.64. The van der Waals surface area contributed by atoms with Gasteiger partial charge in [0.25, 0.3) is 0 Å². The van der Waals surface area contributed by atoms with Gasteiger partial charge in [0, 0.05) is 12.5 Å². The lowest BCUT2D eigenvalue weighted by Crippen LogP contribution is -2.48. The monoisotopic (exact) mass is 456 g/mol. The minimum Gasteiger partial charge on any atom is -0.440 e. The summed E-state index contributed by atoms with van der Waals surface area (Å²) in [6.07, 6.45) is 2.42. The first-order valence-corrected chi connectivity index (χ1v) is 12.3. The predicted octanol–water partition coefficient (Wildman–Crippen LogP) is 2.40. The van der Waals surface area contributed by atoms with Gasteiger partial charge in [0.2, 0.25) is 15.9 Å². The van der Waals surface area contributed by atoms with E-state index in [1.165, 1.54) is 12.1 Å². The van der Waals surface area contributed by atoms with E-state index in [0.29, 0.717) is 13.0 Å². The number of nitrogens with two attached hydrogens (primary N) is 1. The molecule has 170 valence electrons. The highest BCUT2D eigenvalue weighted by atomic mass is 32.2. The van der Waals surface area contributed by atoms with E-state index in [-0.39, 0.29) is 22.8 Å². The number of amides is 1. The van der Waals surface area contributed by atoms with Gasteiger partial charge in [-0.25, -0.2) is 18.5 Å². The largest absolute Gasteiger partial charge is 0.440 e. The second-order valence-electron chi connectivity index (χ2n) is 8.24. The zero-order valence-corrected chi connectivity index (χ0v) is 18.8. The van der Waals surface area contributed by atoms with Crippen molar-refractivity contribution in [3.05, 3.63) is 60.0 Å². The average Bonchev–Trinajstić information content (AvgIpc) is 3.23. The molecule has 32 heavy (non-hydrogen) atoms.